The molecular weight excluding hydrogens is 418 g/mol. The third-order valence-corrected chi connectivity index (χ3v) is 5.86. The summed E-state index contributed by atoms with van der Waals surface area (Å²) in [4.78, 5) is 25.5. The molecule has 168 valence electrons. The summed E-state index contributed by atoms with van der Waals surface area (Å²) in [5.41, 5.74) is 1.96. The number of sulfonamides is 1. The van der Waals surface area contributed by atoms with E-state index in [2.05, 4.69) is 10.6 Å². The van der Waals surface area contributed by atoms with E-state index in [-0.39, 0.29) is 5.91 Å². The maximum atomic E-state index is 12.9. The fourth-order valence-corrected chi connectivity index (χ4v) is 4.22. The molecule has 2 aromatic carbocycles. The van der Waals surface area contributed by atoms with E-state index >= 15 is 0 Å². The standard InChI is InChI=1S/C22H29N3O5S/c1-16-10-12-18(13-11-16)25(31(4,28)29)17(2)21(26)24-20-9-6-5-8-19(20)22(27)23-14-7-15-30-3/h5-6,8-13,17H,7,14-15H2,1-4H3,(H,23,27)(H,24,26)/t17-/m0/s1. The van der Waals surface area contributed by atoms with Gasteiger partial charge in [0.15, 0.2) is 0 Å². The second-order valence-corrected chi connectivity index (χ2v) is 9.07. The number of rotatable bonds is 10. The van der Waals surface area contributed by atoms with Crippen LogP contribution in [-0.4, -0.2) is 52.8 Å². The maximum absolute atomic E-state index is 12.9. The minimum Gasteiger partial charge on any atom is -0.385 e. The second-order valence-electron chi connectivity index (χ2n) is 7.21. The number of para-hydroxylation sites is 1. The van der Waals surface area contributed by atoms with E-state index in [1.165, 1.54) is 6.92 Å². The zero-order valence-electron chi connectivity index (χ0n) is 18.2. The predicted octanol–water partition coefficient (Wildman–Crippen LogP) is 2.55. The van der Waals surface area contributed by atoms with Crippen LogP contribution < -0.4 is 14.9 Å². The van der Waals surface area contributed by atoms with Gasteiger partial charge >= 0.3 is 0 Å². The fourth-order valence-electron chi connectivity index (χ4n) is 3.04. The molecule has 0 aromatic heterocycles. The molecule has 0 spiro atoms. The number of methoxy groups -OCH3 is 1. The van der Waals surface area contributed by atoms with Crippen molar-refractivity contribution in [2.24, 2.45) is 0 Å². The molecule has 0 saturated carbocycles. The highest BCUT2D eigenvalue weighted by Crippen LogP contribution is 2.23. The number of amides is 2. The molecule has 0 radical (unpaired) electrons. The summed E-state index contributed by atoms with van der Waals surface area (Å²) in [6.45, 7) is 4.35. The Labute approximate surface area is 183 Å². The Morgan fingerprint density at radius 3 is 2.35 bits per heavy atom. The molecule has 0 bridgehead atoms. The first-order chi connectivity index (χ1) is 14.6. The van der Waals surface area contributed by atoms with Crippen molar-refractivity contribution in [2.75, 3.05) is 36.1 Å². The van der Waals surface area contributed by atoms with Gasteiger partial charge in [-0.1, -0.05) is 29.8 Å². The SMILES string of the molecule is COCCCNC(=O)c1ccccc1NC(=O)[C@H](C)N(c1ccc(C)cc1)S(C)(=O)=O. The van der Waals surface area contributed by atoms with Gasteiger partial charge in [0.2, 0.25) is 15.9 Å². The molecule has 0 aliphatic carbocycles. The van der Waals surface area contributed by atoms with Crippen molar-refractivity contribution < 1.29 is 22.7 Å². The quantitative estimate of drug-likeness (QED) is 0.545. The molecule has 2 rings (SSSR count). The third kappa shape index (κ3) is 6.80. The monoisotopic (exact) mass is 447 g/mol. The van der Waals surface area contributed by atoms with Crippen LogP contribution in [0.15, 0.2) is 48.5 Å². The molecule has 0 unspecified atom stereocenters. The van der Waals surface area contributed by atoms with E-state index < -0.39 is 22.0 Å². The molecule has 1 atom stereocenters. The topological polar surface area (TPSA) is 105 Å². The molecule has 2 aromatic rings. The van der Waals surface area contributed by atoms with Crippen molar-refractivity contribution in [2.45, 2.75) is 26.3 Å². The van der Waals surface area contributed by atoms with Crippen molar-refractivity contribution in [1.82, 2.24) is 5.32 Å². The van der Waals surface area contributed by atoms with Gasteiger partial charge in [0.1, 0.15) is 6.04 Å². The first-order valence-corrected chi connectivity index (χ1v) is 11.7. The number of benzene rings is 2. The zero-order chi connectivity index (χ0) is 23.0. The summed E-state index contributed by atoms with van der Waals surface area (Å²) in [6, 6.07) is 12.4. The van der Waals surface area contributed by atoms with Crippen LogP contribution >= 0.6 is 0 Å². The van der Waals surface area contributed by atoms with Crippen molar-refractivity contribution in [3.05, 3.63) is 59.7 Å². The molecule has 0 heterocycles. The summed E-state index contributed by atoms with van der Waals surface area (Å²) < 4.78 is 30.9. The average Bonchev–Trinajstić information content (AvgIpc) is 2.72. The van der Waals surface area contributed by atoms with Gasteiger partial charge in [-0.25, -0.2) is 8.42 Å². The third-order valence-electron chi connectivity index (χ3n) is 4.62. The van der Waals surface area contributed by atoms with E-state index in [1.54, 1.807) is 55.6 Å². The lowest BCUT2D eigenvalue weighted by atomic mass is 10.1. The van der Waals surface area contributed by atoms with E-state index in [4.69, 9.17) is 4.74 Å². The van der Waals surface area contributed by atoms with Crippen LogP contribution in [0, 0.1) is 6.92 Å². The second kappa shape index (κ2) is 10.9. The number of carbonyl (C=O) groups is 2. The lowest BCUT2D eigenvalue weighted by molar-refractivity contribution is -0.116. The number of aryl methyl sites for hydroxylation is 1. The van der Waals surface area contributed by atoms with Crippen LogP contribution in [0.2, 0.25) is 0 Å². The van der Waals surface area contributed by atoms with E-state index in [1.807, 2.05) is 6.92 Å². The van der Waals surface area contributed by atoms with Crippen molar-refractivity contribution in [3.63, 3.8) is 0 Å². The van der Waals surface area contributed by atoms with Crippen LogP contribution in [0.1, 0.15) is 29.3 Å². The van der Waals surface area contributed by atoms with Crippen LogP contribution in [0.4, 0.5) is 11.4 Å². The molecule has 0 fully saturated rings. The van der Waals surface area contributed by atoms with Crippen molar-refractivity contribution >= 4 is 33.2 Å². The van der Waals surface area contributed by atoms with Crippen molar-refractivity contribution in [3.8, 4) is 0 Å². The van der Waals surface area contributed by atoms with Gasteiger partial charge in [-0.2, -0.15) is 0 Å². The lowest BCUT2D eigenvalue weighted by Gasteiger charge is -2.28. The van der Waals surface area contributed by atoms with Gasteiger partial charge in [-0.15, -0.1) is 0 Å². The highest BCUT2D eigenvalue weighted by Gasteiger charge is 2.29. The molecule has 31 heavy (non-hydrogen) atoms. The Morgan fingerprint density at radius 2 is 1.74 bits per heavy atom. The number of nitrogens with one attached hydrogen (secondary N) is 2. The Balaban J connectivity index is 2.21. The number of nitrogens with zero attached hydrogens (tertiary/aromatic N) is 1. The van der Waals surface area contributed by atoms with E-state index in [0.717, 1.165) is 16.1 Å². The molecule has 2 N–H and O–H groups in total. The molecule has 9 heteroatoms. The number of hydrogen-bond acceptors (Lipinski definition) is 5. The van der Waals surface area contributed by atoms with Gasteiger partial charge in [0, 0.05) is 20.3 Å². The Kier molecular flexibility index (Phi) is 8.58. The largest absolute Gasteiger partial charge is 0.385 e. The highest BCUT2D eigenvalue weighted by atomic mass is 32.2. The summed E-state index contributed by atoms with van der Waals surface area (Å²) in [5.74, 6) is -0.885. The fraction of sp³-hybridized carbons (Fsp3) is 0.364. The Morgan fingerprint density at radius 1 is 1.10 bits per heavy atom. The Bertz CT molecular complexity index is 1010. The molecule has 0 saturated heterocycles. The molecule has 2 amide bonds. The summed E-state index contributed by atoms with van der Waals surface area (Å²) in [7, 11) is -2.14. The highest BCUT2D eigenvalue weighted by molar-refractivity contribution is 7.92. The number of anilines is 2. The summed E-state index contributed by atoms with van der Waals surface area (Å²) in [5, 5.41) is 5.47. The first kappa shape index (κ1) is 24.4. The molecule has 0 aliphatic rings. The minimum absolute atomic E-state index is 0.293. The molecular formula is C22H29N3O5S. The van der Waals surface area contributed by atoms with Crippen LogP contribution in [0.25, 0.3) is 0 Å². The van der Waals surface area contributed by atoms with E-state index in [0.29, 0.717) is 36.5 Å². The van der Waals surface area contributed by atoms with Crippen molar-refractivity contribution in [1.29, 1.82) is 0 Å². The maximum Gasteiger partial charge on any atom is 0.253 e. The number of carbonyl (C=O) groups excluding carboxylic acids is 2. The Hall–Kier alpha value is -2.91. The first-order valence-electron chi connectivity index (χ1n) is 9.88. The summed E-state index contributed by atoms with van der Waals surface area (Å²) in [6.07, 6.45) is 1.71. The molecule has 8 nitrogen and oxygen atoms in total. The molecule has 0 aliphatic heterocycles. The van der Waals surface area contributed by atoms with Crippen LogP contribution in [0.5, 0.6) is 0 Å². The van der Waals surface area contributed by atoms with Gasteiger partial charge in [-0.05, 0) is 44.5 Å². The van der Waals surface area contributed by atoms with Gasteiger partial charge < -0.3 is 15.4 Å². The minimum atomic E-state index is -3.73. The van der Waals surface area contributed by atoms with Crippen LogP contribution in [-0.2, 0) is 19.6 Å². The normalized spacial score (nSPS) is 12.1. The zero-order valence-corrected chi connectivity index (χ0v) is 19.0. The van der Waals surface area contributed by atoms with Crippen LogP contribution in [0.3, 0.4) is 0 Å². The van der Waals surface area contributed by atoms with Gasteiger partial charge in [0.25, 0.3) is 5.91 Å². The number of ether oxygens (including phenoxy) is 1. The predicted molar refractivity (Wildman–Crippen MR) is 122 cm³/mol. The van der Waals surface area contributed by atoms with Gasteiger partial charge in [-0.3, -0.25) is 13.9 Å². The summed E-state index contributed by atoms with van der Waals surface area (Å²) >= 11 is 0. The smallest absolute Gasteiger partial charge is 0.253 e. The van der Waals surface area contributed by atoms with Gasteiger partial charge in [0.05, 0.1) is 23.2 Å². The average molecular weight is 448 g/mol. The number of hydrogen-bond donors (Lipinski definition) is 2. The lowest BCUT2D eigenvalue weighted by Crippen LogP contribution is -2.45. The van der Waals surface area contributed by atoms with E-state index in [9.17, 15) is 18.0 Å².